The Labute approximate surface area is 217 Å². The molecule has 1 atom stereocenters. The number of hydrogen-bond acceptors (Lipinski definition) is 4. The summed E-state index contributed by atoms with van der Waals surface area (Å²) in [5, 5.41) is 9.18. The van der Waals surface area contributed by atoms with E-state index < -0.39 is 0 Å². The van der Waals surface area contributed by atoms with Gasteiger partial charge in [-0.15, -0.1) is 0 Å². The molecule has 0 spiro atoms. The van der Waals surface area contributed by atoms with Crippen LogP contribution in [0.4, 0.5) is 0 Å². The van der Waals surface area contributed by atoms with Gasteiger partial charge in [0.05, 0.1) is 17.3 Å². The van der Waals surface area contributed by atoms with Crippen molar-refractivity contribution >= 4 is 16.7 Å². The van der Waals surface area contributed by atoms with Crippen LogP contribution in [0.15, 0.2) is 71.7 Å². The summed E-state index contributed by atoms with van der Waals surface area (Å²) in [5.41, 5.74) is 3.59. The lowest BCUT2D eigenvalue weighted by Crippen LogP contribution is -2.46. The van der Waals surface area contributed by atoms with E-state index in [4.69, 9.17) is 0 Å². The van der Waals surface area contributed by atoms with E-state index in [1.54, 1.807) is 6.20 Å². The topological polar surface area (TPSA) is 72.2 Å². The van der Waals surface area contributed by atoms with E-state index in [2.05, 4.69) is 39.6 Å². The number of nitrogens with one attached hydrogen (secondary N) is 1. The van der Waals surface area contributed by atoms with Crippen LogP contribution in [0.3, 0.4) is 0 Å². The van der Waals surface area contributed by atoms with Crippen molar-refractivity contribution in [1.82, 2.24) is 24.6 Å². The number of nitrogens with zero attached hydrogens (tertiary/aromatic N) is 4. The van der Waals surface area contributed by atoms with Gasteiger partial charge in [-0.1, -0.05) is 55.5 Å². The Morgan fingerprint density at radius 2 is 1.65 bits per heavy atom. The molecule has 1 amide bonds. The van der Waals surface area contributed by atoms with E-state index in [-0.39, 0.29) is 23.6 Å². The molecular weight excluding hydrogens is 462 g/mol. The largest absolute Gasteiger partial charge is 0.351 e. The molecule has 1 aliphatic rings. The van der Waals surface area contributed by atoms with Crippen LogP contribution >= 0.6 is 0 Å². The maximum Gasteiger partial charge on any atom is 0.281 e. The van der Waals surface area contributed by atoms with Gasteiger partial charge in [-0.2, -0.15) is 9.78 Å². The van der Waals surface area contributed by atoms with Gasteiger partial charge >= 0.3 is 0 Å². The fraction of sp³-hybridized carbons (Fsp3) is 0.367. The zero-order valence-electron chi connectivity index (χ0n) is 21.9. The summed E-state index contributed by atoms with van der Waals surface area (Å²) in [6.07, 6.45) is 4.26. The third-order valence-electron chi connectivity index (χ3n) is 7.64. The third-order valence-corrected chi connectivity index (χ3v) is 7.64. The van der Waals surface area contributed by atoms with Crippen molar-refractivity contribution < 1.29 is 4.79 Å². The zero-order valence-corrected chi connectivity index (χ0v) is 21.9. The highest BCUT2D eigenvalue weighted by Gasteiger charge is 2.28. The minimum absolute atomic E-state index is 0.0202. The van der Waals surface area contributed by atoms with Crippen molar-refractivity contribution in [3.05, 3.63) is 94.2 Å². The lowest BCUT2D eigenvalue weighted by molar-refractivity contribution is -0.125. The number of likely N-dealkylation sites (tertiary alicyclic amines) is 1. The number of benzene rings is 2. The first-order chi connectivity index (χ1) is 18.0. The quantitative estimate of drug-likeness (QED) is 0.407. The number of fused-ring (bicyclic) bond motifs is 1. The molecule has 7 heteroatoms. The molecule has 2 aromatic heterocycles. The normalized spacial score (nSPS) is 15.6. The van der Waals surface area contributed by atoms with Gasteiger partial charge in [-0.25, -0.2) is 0 Å². The molecule has 1 fully saturated rings. The average Bonchev–Trinajstić information content (AvgIpc) is 3.17. The molecule has 3 heterocycles. The molecule has 1 N–H and O–H groups in total. The van der Waals surface area contributed by atoms with Gasteiger partial charge in [0.15, 0.2) is 0 Å². The number of carbonyl (C=O) groups is 1. The molecule has 1 aliphatic heterocycles. The molecule has 192 valence electrons. The fourth-order valence-corrected chi connectivity index (χ4v) is 5.66. The minimum Gasteiger partial charge on any atom is -0.351 e. The Bertz CT molecular complexity index is 1430. The van der Waals surface area contributed by atoms with E-state index in [0.29, 0.717) is 11.8 Å². The number of amides is 1. The van der Waals surface area contributed by atoms with Gasteiger partial charge < -0.3 is 9.88 Å². The highest BCUT2D eigenvalue weighted by molar-refractivity contribution is 5.89. The molecule has 5 rings (SSSR count). The second kappa shape index (κ2) is 10.7. The maximum atomic E-state index is 13.5. The van der Waals surface area contributed by atoms with Crippen LogP contribution in [0.5, 0.6) is 0 Å². The van der Waals surface area contributed by atoms with E-state index in [0.717, 1.165) is 54.9 Å². The second-order valence-electron chi connectivity index (χ2n) is 10.00. The van der Waals surface area contributed by atoms with Crippen LogP contribution < -0.4 is 10.9 Å². The highest BCUT2D eigenvalue weighted by atomic mass is 16.2. The predicted octanol–water partition coefficient (Wildman–Crippen LogP) is 4.54. The SMILES string of the molecule is CC[C@H](C(=O)NC1CCN(Cc2ccccc2)CC1)n1c(C)c2cnn(-c3ccccc3)c(=O)c2c1C. The summed E-state index contributed by atoms with van der Waals surface area (Å²) in [6, 6.07) is 19.7. The van der Waals surface area contributed by atoms with Gasteiger partial charge in [-0.3, -0.25) is 14.5 Å². The molecule has 0 unspecified atom stereocenters. The smallest absolute Gasteiger partial charge is 0.281 e. The molecule has 0 saturated carbocycles. The van der Waals surface area contributed by atoms with E-state index in [1.165, 1.54) is 10.2 Å². The summed E-state index contributed by atoms with van der Waals surface area (Å²) in [4.78, 5) is 29.4. The first kappa shape index (κ1) is 25.0. The zero-order chi connectivity index (χ0) is 25.9. The Hall–Kier alpha value is -3.71. The first-order valence-electron chi connectivity index (χ1n) is 13.2. The number of rotatable bonds is 7. The second-order valence-corrected chi connectivity index (χ2v) is 10.00. The molecule has 7 nitrogen and oxygen atoms in total. The van der Waals surface area contributed by atoms with Crippen molar-refractivity contribution in [2.45, 2.75) is 58.7 Å². The van der Waals surface area contributed by atoms with Crippen LogP contribution in [-0.4, -0.2) is 44.3 Å². The minimum atomic E-state index is -0.376. The van der Waals surface area contributed by atoms with Gasteiger partial charge in [0, 0.05) is 42.5 Å². The van der Waals surface area contributed by atoms with Gasteiger partial charge in [0.1, 0.15) is 6.04 Å². The molecule has 1 saturated heterocycles. The van der Waals surface area contributed by atoms with Gasteiger partial charge in [0.2, 0.25) is 5.91 Å². The summed E-state index contributed by atoms with van der Waals surface area (Å²) >= 11 is 0. The summed E-state index contributed by atoms with van der Waals surface area (Å²) < 4.78 is 3.46. The summed E-state index contributed by atoms with van der Waals surface area (Å²) in [6.45, 7) is 8.81. The Balaban J connectivity index is 1.33. The fourth-order valence-electron chi connectivity index (χ4n) is 5.66. The van der Waals surface area contributed by atoms with Crippen LogP contribution in [0.25, 0.3) is 16.5 Å². The molecular formula is C30H35N5O2. The van der Waals surface area contributed by atoms with Crippen LogP contribution in [0.1, 0.15) is 49.2 Å². The number of aryl methyl sites for hydroxylation is 2. The number of carbonyl (C=O) groups excluding carboxylic acids is 1. The summed E-state index contributed by atoms with van der Waals surface area (Å²) in [7, 11) is 0. The number of para-hydroxylation sites is 1. The maximum absolute atomic E-state index is 13.5. The number of aromatic nitrogens is 3. The lowest BCUT2D eigenvalue weighted by Gasteiger charge is -2.33. The predicted molar refractivity (Wildman–Crippen MR) is 147 cm³/mol. The molecule has 4 aromatic rings. The van der Waals surface area contributed by atoms with E-state index in [9.17, 15) is 9.59 Å². The third kappa shape index (κ3) is 4.96. The average molecular weight is 498 g/mol. The van der Waals surface area contributed by atoms with Crippen molar-refractivity contribution in [3.63, 3.8) is 0 Å². The van der Waals surface area contributed by atoms with Crippen LogP contribution in [0, 0.1) is 13.8 Å². The highest BCUT2D eigenvalue weighted by Crippen LogP contribution is 2.28. The number of piperidine rings is 1. The van der Waals surface area contributed by atoms with E-state index in [1.807, 2.05) is 61.7 Å². The van der Waals surface area contributed by atoms with Crippen LogP contribution in [-0.2, 0) is 11.3 Å². The Morgan fingerprint density at radius 3 is 2.30 bits per heavy atom. The lowest BCUT2D eigenvalue weighted by atomic mass is 10.0. The molecule has 0 aliphatic carbocycles. The van der Waals surface area contributed by atoms with Gasteiger partial charge in [0.25, 0.3) is 5.56 Å². The summed E-state index contributed by atoms with van der Waals surface area (Å²) in [5.74, 6) is 0.0202. The Morgan fingerprint density at radius 1 is 1.00 bits per heavy atom. The van der Waals surface area contributed by atoms with Crippen molar-refractivity contribution in [2.24, 2.45) is 0 Å². The standard InChI is InChI=1S/C30H35N5O2/c1-4-27(29(36)32-24-15-17-33(18-16-24)20-23-11-7-5-8-12-23)34-21(2)26-19-31-35(25-13-9-6-10-14-25)30(37)28(26)22(34)3/h5-14,19,24,27H,4,15-18,20H2,1-3H3,(H,32,36)/t27-/m1/s1. The Kier molecular flexibility index (Phi) is 7.24. The van der Waals surface area contributed by atoms with E-state index >= 15 is 0 Å². The van der Waals surface area contributed by atoms with Gasteiger partial charge in [-0.05, 0) is 50.8 Å². The molecule has 0 radical (unpaired) electrons. The molecule has 0 bridgehead atoms. The first-order valence-corrected chi connectivity index (χ1v) is 13.2. The van der Waals surface area contributed by atoms with Crippen molar-refractivity contribution in [2.75, 3.05) is 13.1 Å². The van der Waals surface area contributed by atoms with Crippen molar-refractivity contribution in [3.8, 4) is 5.69 Å². The monoisotopic (exact) mass is 497 g/mol. The molecule has 37 heavy (non-hydrogen) atoms. The van der Waals surface area contributed by atoms with Crippen LogP contribution in [0.2, 0.25) is 0 Å². The van der Waals surface area contributed by atoms with Crippen molar-refractivity contribution in [1.29, 1.82) is 0 Å². The molecule has 2 aromatic carbocycles. The number of hydrogen-bond donors (Lipinski definition) is 1.